The van der Waals surface area contributed by atoms with Crippen molar-refractivity contribution in [2.75, 3.05) is 76.4 Å². The van der Waals surface area contributed by atoms with Gasteiger partial charge in [0.15, 0.2) is 28.7 Å². The van der Waals surface area contributed by atoms with Gasteiger partial charge in [-0.2, -0.15) is 0 Å². The molecule has 0 bridgehead atoms. The van der Waals surface area contributed by atoms with Gasteiger partial charge in [-0.15, -0.1) is 0 Å². The summed E-state index contributed by atoms with van der Waals surface area (Å²) in [5.74, 6) is -13.9. The predicted octanol–water partition coefficient (Wildman–Crippen LogP) is 4.55. The van der Waals surface area contributed by atoms with Crippen molar-refractivity contribution in [2.24, 2.45) is 0 Å². The molecule has 448 valence electrons. The molecule has 84 heavy (non-hydrogen) atoms. The van der Waals surface area contributed by atoms with Crippen LogP contribution in [0.1, 0.15) is 99.1 Å². The van der Waals surface area contributed by atoms with Crippen LogP contribution in [0.2, 0.25) is 0 Å². The van der Waals surface area contributed by atoms with Gasteiger partial charge >= 0.3 is 65.7 Å². The fraction of sp³-hybridized carbons (Fsp3) is 0.375. The molecule has 0 unspecified atom stereocenters. The minimum Gasteiger partial charge on any atom is -0.488 e. The Morgan fingerprint density at radius 2 is 0.821 bits per heavy atom. The number of carbonyl (C=O) groups is 11. The molecule has 0 saturated carbocycles. The van der Waals surface area contributed by atoms with Gasteiger partial charge in [0.2, 0.25) is 27.2 Å². The van der Waals surface area contributed by atoms with E-state index in [1.54, 1.807) is 26.8 Å². The van der Waals surface area contributed by atoms with Crippen LogP contribution in [0.3, 0.4) is 0 Å². The first-order valence-electron chi connectivity index (χ1n) is 25.1. The standard InChI is InChI=1S/C56H56F2N2O24/c1-29-10-11-44(59(21-50(67)78-25-74-30(2)61)22-51(68)79-26-75-31(3)62)48(14-29)72-12-13-73-49-18-37-36(15-45(49)60(23-52(69)80-27-76-32(4)63)24-53(70)81-28-77-33(5)64)54(71)84-56(37)40-16-42(57)46(82-34(6)65)19-38(40)55(8,9)39-20-47(83-35(7)66)43(58)17-41(39)56/h10-11,14-20H,12-13,21-28H2,1-9H3. The monoisotopic (exact) mass is 1180 g/mol. The molecule has 0 amide bonds. The van der Waals surface area contributed by atoms with E-state index in [1.165, 1.54) is 35.2 Å². The quantitative estimate of drug-likeness (QED) is 0.0289. The Kier molecular flexibility index (Phi) is 20.5. The van der Waals surface area contributed by atoms with Gasteiger partial charge in [0, 0.05) is 63.6 Å². The van der Waals surface area contributed by atoms with E-state index in [0.717, 1.165) is 64.6 Å². The van der Waals surface area contributed by atoms with Crippen LogP contribution in [0.5, 0.6) is 23.0 Å². The average molecular weight is 1180 g/mol. The van der Waals surface area contributed by atoms with Gasteiger partial charge in [-0.05, 0) is 72.1 Å². The molecule has 0 aromatic heterocycles. The van der Waals surface area contributed by atoms with Crippen LogP contribution in [-0.2, 0) is 102 Å². The number of hydrogen-bond acceptors (Lipinski definition) is 26. The first kappa shape index (κ1) is 63.3. The maximum absolute atomic E-state index is 16.4. The predicted molar refractivity (Wildman–Crippen MR) is 277 cm³/mol. The number of ether oxygens (including phenoxy) is 13. The lowest BCUT2D eigenvalue weighted by atomic mass is 9.61. The van der Waals surface area contributed by atoms with Gasteiger partial charge in [-0.25, -0.2) is 13.6 Å². The molecule has 26 nitrogen and oxygen atoms in total. The molecule has 4 aromatic carbocycles. The van der Waals surface area contributed by atoms with Crippen molar-refractivity contribution >= 4 is 77.0 Å². The van der Waals surface area contributed by atoms with Crippen LogP contribution >= 0.6 is 0 Å². The lowest BCUT2D eigenvalue weighted by molar-refractivity contribution is -0.167. The van der Waals surface area contributed by atoms with Crippen molar-refractivity contribution < 1.29 is 123 Å². The van der Waals surface area contributed by atoms with E-state index in [2.05, 4.69) is 0 Å². The van der Waals surface area contributed by atoms with Gasteiger partial charge < -0.3 is 71.4 Å². The summed E-state index contributed by atoms with van der Waals surface area (Å²) < 4.78 is 101. The highest BCUT2D eigenvalue weighted by Gasteiger charge is 2.57. The number of hydrogen-bond donors (Lipinski definition) is 0. The minimum absolute atomic E-state index is 0.0160. The van der Waals surface area contributed by atoms with Crippen molar-refractivity contribution in [1.82, 2.24) is 0 Å². The Hall–Kier alpha value is -9.89. The van der Waals surface area contributed by atoms with Gasteiger partial charge in [0.1, 0.15) is 50.9 Å². The molecule has 0 N–H and O–H groups in total. The lowest BCUT2D eigenvalue weighted by Crippen LogP contribution is -2.42. The summed E-state index contributed by atoms with van der Waals surface area (Å²) in [6, 6.07) is 11.2. The molecular formula is C56H56F2N2O24. The number of carbonyl (C=O) groups excluding carboxylic acids is 11. The number of esters is 11. The topological polar surface area (TPSA) is 314 Å². The molecule has 0 atom stereocenters. The molecule has 1 aliphatic carbocycles. The second-order valence-electron chi connectivity index (χ2n) is 18.9. The zero-order valence-electron chi connectivity index (χ0n) is 46.7. The molecule has 1 heterocycles. The number of rotatable bonds is 25. The SMILES string of the molecule is CC(=O)OCOC(=O)CN(CC(=O)OCOC(C)=O)c1ccc(C)cc1OCCOc1cc2c(cc1N(CC(=O)OCOC(C)=O)CC(=O)OCOC(C)=O)C(=O)OC21c2cc(F)c(OC(C)=O)cc2C(C)(C)c2cc(OC(C)=O)c(F)cc21. The summed E-state index contributed by atoms with van der Waals surface area (Å²) in [6.07, 6.45) is 0. The molecule has 4 aromatic rings. The Bertz CT molecular complexity index is 3160. The Morgan fingerprint density at radius 1 is 0.452 bits per heavy atom. The van der Waals surface area contributed by atoms with Crippen molar-refractivity contribution in [3.63, 3.8) is 0 Å². The summed E-state index contributed by atoms with van der Waals surface area (Å²) in [7, 11) is 0. The third-order valence-electron chi connectivity index (χ3n) is 12.3. The van der Waals surface area contributed by atoms with Crippen LogP contribution in [0.4, 0.5) is 20.2 Å². The summed E-state index contributed by atoms with van der Waals surface area (Å²) in [4.78, 5) is 140. The van der Waals surface area contributed by atoms with Crippen LogP contribution < -0.4 is 28.7 Å². The Labute approximate surface area is 476 Å². The van der Waals surface area contributed by atoms with E-state index in [9.17, 15) is 52.7 Å². The molecule has 2 aliphatic rings. The molecule has 0 saturated heterocycles. The zero-order chi connectivity index (χ0) is 61.8. The van der Waals surface area contributed by atoms with E-state index in [4.69, 9.17) is 61.6 Å². The second-order valence-corrected chi connectivity index (χ2v) is 18.9. The van der Waals surface area contributed by atoms with Crippen molar-refractivity contribution in [1.29, 1.82) is 0 Å². The molecule has 0 fully saturated rings. The molecular weight excluding hydrogens is 1120 g/mol. The highest BCUT2D eigenvalue weighted by molar-refractivity contribution is 5.99. The summed E-state index contributed by atoms with van der Waals surface area (Å²) in [5, 5.41) is 0. The highest BCUT2D eigenvalue weighted by Crippen LogP contribution is 2.59. The highest BCUT2D eigenvalue weighted by atomic mass is 19.1. The smallest absolute Gasteiger partial charge is 0.340 e. The van der Waals surface area contributed by atoms with E-state index in [1.807, 2.05) is 0 Å². The van der Waals surface area contributed by atoms with Crippen LogP contribution in [0.15, 0.2) is 54.6 Å². The Balaban J connectivity index is 1.52. The second kappa shape index (κ2) is 27.3. The third-order valence-corrected chi connectivity index (χ3v) is 12.3. The van der Waals surface area contributed by atoms with Crippen LogP contribution in [-0.4, -0.2) is 132 Å². The van der Waals surface area contributed by atoms with E-state index in [0.29, 0.717) is 5.56 Å². The summed E-state index contributed by atoms with van der Waals surface area (Å²) in [6.45, 7) is 3.98. The summed E-state index contributed by atoms with van der Waals surface area (Å²) in [5.41, 5.74) is -3.61. The number of halogens is 2. The number of nitrogens with zero attached hydrogens (tertiary/aromatic N) is 2. The first-order valence-corrected chi connectivity index (χ1v) is 25.1. The lowest BCUT2D eigenvalue weighted by Gasteiger charge is -2.44. The van der Waals surface area contributed by atoms with Crippen LogP contribution in [0, 0.1) is 18.6 Å². The fourth-order valence-corrected chi connectivity index (χ4v) is 8.79. The molecule has 1 spiro atoms. The molecule has 28 heteroatoms. The van der Waals surface area contributed by atoms with E-state index >= 15 is 8.78 Å². The van der Waals surface area contributed by atoms with Gasteiger partial charge in [0.25, 0.3) is 0 Å². The average Bonchev–Trinajstić information content (AvgIpc) is 1.42. The number of benzene rings is 4. The van der Waals surface area contributed by atoms with E-state index in [-0.39, 0.29) is 56.3 Å². The number of anilines is 2. The van der Waals surface area contributed by atoms with Crippen molar-refractivity contribution in [3.05, 3.63) is 105 Å². The maximum Gasteiger partial charge on any atom is 0.340 e. The number of aryl methyl sites for hydroxylation is 1. The zero-order valence-corrected chi connectivity index (χ0v) is 46.7. The first-order chi connectivity index (χ1) is 39.6. The molecule has 1 aliphatic heterocycles. The maximum atomic E-state index is 16.4. The molecule has 0 radical (unpaired) electrons. The Morgan fingerprint density at radius 3 is 1.20 bits per heavy atom. The largest absolute Gasteiger partial charge is 0.488 e. The van der Waals surface area contributed by atoms with Crippen molar-refractivity contribution in [2.45, 2.75) is 73.3 Å². The van der Waals surface area contributed by atoms with E-state index < -0.39 is 166 Å². The normalized spacial score (nSPS) is 12.8. The minimum atomic E-state index is -2.33. The van der Waals surface area contributed by atoms with Gasteiger partial charge in [0.05, 0.1) is 16.9 Å². The summed E-state index contributed by atoms with van der Waals surface area (Å²) >= 11 is 0. The molecule has 6 rings (SSSR count). The van der Waals surface area contributed by atoms with Gasteiger partial charge in [-0.3, -0.25) is 47.9 Å². The fourth-order valence-electron chi connectivity index (χ4n) is 8.79. The third kappa shape index (κ3) is 15.6. The van der Waals surface area contributed by atoms with Crippen molar-refractivity contribution in [3.8, 4) is 23.0 Å². The van der Waals surface area contributed by atoms with Crippen LogP contribution in [0.25, 0.3) is 0 Å². The number of fused-ring (bicyclic) bond motifs is 6. The van der Waals surface area contributed by atoms with Gasteiger partial charge in [-0.1, -0.05) is 19.9 Å².